The fraction of sp³-hybridized carbons (Fsp3) is 0.500. The fourth-order valence-electron chi connectivity index (χ4n) is 2.38. The second-order valence-electron chi connectivity index (χ2n) is 4.85. The number of nitrogens with one attached hydrogen (secondary N) is 1. The summed E-state index contributed by atoms with van der Waals surface area (Å²) in [5, 5.41) is 2.89. The summed E-state index contributed by atoms with van der Waals surface area (Å²) in [5.41, 5.74) is 0.390. The van der Waals surface area contributed by atoms with Gasteiger partial charge >= 0.3 is 0 Å². The van der Waals surface area contributed by atoms with Crippen LogP contribution in [0.15, 0.2) is 24.3 Å². The van der Waals surface area contributed by atoms with Gasteiger partial charge < -0.3 is 5.32 Å². The molecule has 2 rings (SSSR count). The van der Waals surface area contributed by atoms with Crippen molar-refractivity contribution in [3.05, 3.63) is 35.6 Å². The van der Waals surface area contributed by atoms with Crippen LogP contribution in [0.3, 0.4) is 0 Å². The number of alkyl halides is 1. The molecule has 1 fully saturated rings. The van der Waals surface area contributed by atoms with Gasteiger partial charge in [0.15, 0.2) is 0 Å². The maximum absolute atomic E-state index is 13.0. The minimum absolute atomic E-state index is 0.189. The van der Waals surface area contributed by atoms with E-state index in [1.165, 1.54) is 25.0 Å². The van der Waals surface area contributed by atoms with Gasteiger partial charge in [-0.3, -0.25) is 4.79 Å². The van der Waals surface area contributed by atoms with Gasteiger partial charge in [0.1, 0.15) is 5.82 Å². The molecular formula is C14H17BrFNO. The standard InChI is InChI=1S/C14H17BrFNO/c15-12-5-1-3-10(7-12)9-17-14(18)11-4-2-6-13(16)8-11/h2,4,6,8,10,12H,1,3,5,7,9H2,(H,17,18). The van der Waals surface area contributed by atoms with Crippen LogP contribution in [0, 0.1) is 11.7 Å². The van der Waals surface area contributed by atoms with Crippen molar-refractivity contribution in [2.75, 3.05) is 6.54 Å². The van der Waals surface area contributed by atoms with E-state index in [2.05, 4.69) is 21.2 Å². The third-order valence-electron chi connectivity index (χ3n) is 3.36. The molecule has 2 nitrogen and oxygen atoms in total. The lowest BCUT2D eigenvalue weighted by atomic mass is 9.89. The molecule has 0 saturated heterocycles. The minimum atomic E-state index is -0.374. The molecule has 0 bridgehead atoms. The van der Waals surface area contributed by atoms with Crippen LogP contribution < -0.4 is 5.32 Å². The van der Waals surface area contributed by atoms with E-state index >= 15 is 0 Å². The summed E-state index contributed by atoms with van der Waals surface area (Å²) in [6, 6.07) is 5.79. The van der Waals surface area contributed by atoms with E-state index in [0.717, 1.165) is 12.8 Å². The van der Waals surface area contributed by atoms with E-state index < -0.39 is 0 Å². The van der Waals surface area contributed by atoms with Crippen LogP contribution in [0.4, 0.5) is 4.39 Å². The first kappa shape index (κ1) is 13.5. The Bertz CT molecular complexity index is 424. The highest BCUT2D eigenvalue weighted by Gasteiger charge is 2.20. The maximum atomic E-state index is 13.0. The van der Waals surface area contributed by atoms with E-state index in [4.69, 9.17) is 0 Å². The second kappa shape index (κ2) is 6.32. The third kappa shape index (κ3) is 3.80. The summed E-state index contributed by atoms with van der Waals surface area (Å²) < 4.78 is 13.0. The van der Waals surface area contributed by atoms with Crippen LogP contribution in [0.2, 0.25) is 0 Å². The summed E-state index contributed by atoms with van der Waals surface area (Å²) in [6.07, 6.45) is 4.68. The van der Waals surface area contributed by atoms with Crippen molar-refractivity contribution in [2.45, 2.75) is 30.5 Å². The number of amides is 1. The van der Waals surface area contributed by atoms with Gasteiger partial charge in [0.2, 0.25) is 0 Å². The summed E-state index contributed by atoms with van der Waals surface area (Å²) >= 11 is 3.63. The number of hydrogen-bond acceptors (Lipinski definition) is 1. The predicted octanol–water partition coefficient (Wildman–Crippen LogP) is 3.51. The zero-order chi connectivity index (χ0) is 13.0. The van der Waals surface area contributed by atoms with Crippen molar-refractivity contribution in [3.8, 4) is 0 Å². The van der Waals surface area contributed by atoms with Crippen molar-refractivity contribution in [1.29, 1.82) is 0 Å². The zero-order valence-electron chi connectivity index (χ0n) is 10.2. The van der Waals surface area contributed by atoms with Crippen molar-refractivity contribution in [1.82, 2.24) is 5.32 Å². The Kier molecular flexibility index (Phi) is 4.75. The van der Waals surface area contributed by atoms with Gasteiger partial charge in [-0.05, 0) is 43.4 Å². The summed E-state index contributed by atoms with van der Waals surface area (Å²) in [6.45, 7) is 0.678. The lowest BCUT2D eigenvalue weighted by molar-refractivity contribution is 0.0943. The molecule has 0 spiro atoms. The quantitative estimate of drug-likeness (QED) is 0.850. The molecule has 1 aliphatic carbocycles. The van der Waals surface area contributed by atoms with Crippen molar-refractivity contribution >= 4 is 21.8 Å². The van der Waals surface area contributed by atoms with Gasteiger partial charge in [0.05, 0.1) is 0 Å². The van der Waals surface area contributed by atoms with E-state index in [1.54, 1.807) is 12.1 Å². The molecule has 2 unspecified atom stereocenters. The Morgan fingerprint density at radius 1 is 1.44 bits per heavy atom. The monoisotopic (exact) mass is 313 g/mol. The predicted molar refractivity (Wildman–Crippen MR) is 73.4 cm³/mol. The van der Waals surface area contributed by atoms with Crippen molar-refractivity contribution in [2.24, 2.45) is 5.92 Å². The summed E-state index contributed by atoms with van der Waals surface area (Å²) in [4.78, 5) is 12.4. The molecule has 1 aromatic rings. The van der Waals surface area contributed by atoms with Crippen LogP contribution in [-0.2, 0) is 0 Å². The second-order valence-corrected chi connectivity index (χ2v) is 6.15. The zero-order valence-corrected chi connectivity index (χ0v) is 11.7. The summed E-state index contributed by atoms with van der Waals surface area (Å²) in [7, 11) is 0. The highest BCUT2D eigenvalue weighted by Crippen LogP contribution is 2.28. The number of benzene rings is 1. The van der Waals surface area contributed by atoms with Crippen LogP contribution in [0.1, 0.15) is 36.0 Å². The number of halogens is 2. The van der Waals surface area contributed by atoms with Gasteiger partial charge in [0.25, 0.3) is 5.91 Å². The molecule has 4 heteroatoms. The van der Waals surface area contributed by atoms with Gasteiger partial charge in [0, 0.05) is 16.9 Å². The minimum Gasteiger partial charge on any atom is -0.352 e. The normalized spacial score (nSPS) is 23.7. The Morgan fingerprint density at radius 3 is 3.00 bits per heavy atom. The third-order valence-corrected chi connectivity index (χ3v) is 4.19. The Hall–Kier alpha value is -0.900. The summed E-state index contributed by atoms with van der Waals surface area (Å²) in [5.74, 6) is -0.0346. The van der Waals surface area contributed by atoms with E-state index in [0.29, 0.717) is 22.9 Å². The number of carbonyl (C=O) groups is 1. The largest absolute Gasteiger partial charge is 0.352 e. The highest BCUT2D eigenvalue weighted by atomic mass is 79.9. The van der Waals surface area contributed by atoms with Crippen molar-refractivity contribution < 1.29 is 9.18 Å². The van der Waals surface area contributed by atoms with Gasteiger partial charge in [-0.15, -0.1) is 0 Å². The molecule has 1 N–H and O–H groups in total. The Labute approximate surface area is 115 Å². The van der Waals surface area contributed by atoms with Crippen molar-refractivity contribution in [3.63, 3.8) is 0 Å². The molecule has 1 aromatic carbocycles. The van der Waals surface area contributed by atoms with Crippen LogP contribution >= 0.6 is 15.9 Å². The number of hydrogen-bond donors (Lipinski definition) is 1. The average molecular weight is 314 g/mol. The van der Waals surface area contributed by atoms with Crippen LogP contribution in [0.5, 0.6) is 0 Å². The lowest BCUT2D eigenvalue weighted by Crippen LogP contribution is -2.31. The molecule has 18 heavy (non-hydrogen) atoms. The van der Waals surface area contributed by atoms with Gasteiger partial charge in [-0.2, -0.15) is 0 Å². The van der Waals surface area contributed by atoms with Crippen LogP contribution in [0.25, 0.3) is 0 Å². The molecule has 1 aliphatic rings. The van der Waals surface area contributed by atoms with E-state index in [-0.39, 0.29) is 11.7 Å². The highest BCUT2D eigenvalue weighted by molar-refractivity contribution is 9.09. The fourth-order valence-corrected chi connectivity index (χ4v) is 3.23. The first-order valence-corrected chi connectivity index (χ1v) is 7.24. The lowest BCUT2D eigenvalue weighted by Gasteiger charge is -2.25. The molecular weight excluding hydrogens is 297 g/mol. The molecule has 0 radical (unpaired) electrons. The van der Waals surface area contributed by atoms with E-state index in [1.807, 2.05) is 0 Å². The molecule has 0 aromatic heterocycles. The van der Waals surface area contributed by atoms with Gasteiger partial charge in [-0.1, -0.05) is 28.4 Å². The van der Waals surface area contributed by atoms with E-state index in [9.17, 15) is 9.18 Å². The van der Waals surface area contributed by atoms with Gasteiger partial charge in [-0.25, -0.2) is 4.39 Å². The average Bonchev–Trinajstić information content (AvgIpc) is 2.36. The molecule has 2 atom stereocenters. The molecule has 0 aliphatic heterocycles. The van der Waals surface area contributed by atoms with Crippen LogP contribution in [-0.4, -0.2) is 17.3 Å². The first-order chi connectivity index (χ1) is 8.65. The first-order valence-electron chi connectivity index (χ1n) is 6.33. The topological polar surface area (TPSA) is 29.1 Å². The Balaban J connectivity index is 1.84. The SMILES string of the molecule is O=C(NCC1CCCC(Br)C1)c1cccc(F)c1. The molecule has 0 heterocycles. The Morgan fingerprint density at radius 2 is 2.28 bits per heavy atom. The number of carbonyl (C=O) groups excluding carboxylic acids is 1. The molecule has 98 valence electrons. The number of rotatable bonds is 3. The molecule has 1 amide bonds. The molecule has 1 saturated carbocycles. The smallest absolute Gasteiger partial charge is 0.251 e. The maximum Gasteiger partial charge on any atom is 0.251 e.